The molecule has 0 aromatic heterocycles. The first kappa shape index (κ1) is 12.9. The molecule has 1 unspecified atom stereocenters. The Kier molecular flexibility index (Phi) is 5.03. The number of aliphatic hydroxyl groups is 1. The summed E-state index contributed by atoms with van der Waals surface area (Å²) in [4.78, 5) is 2.47. The molecule has 0 bridgehead atoms. The van der Waals surface area contributed by atoms with Crippen LogP contribution in [0.2, 0.25) is 0 Å². The largest absolute Gasteiger partial charge is 0.394 e. The maximum absolute atomic E-state index is 9.00. The first-order valence-electron chi connectivity index (χ1n) is 6.15. The van der Waals surface area contributed by atoms with Gasteiger partial charge in [-0.3, -0.25) is 0 Å². The normalized spacial score (nSPS) is 21.4. The van der Waals surface area contributed by atoms with Crippen LogP contribution >= 0.6 is 0 Å². The highest BCUT2D eigenvalue weighted by molar-refractivity contribution is 4.79. The van der Waals surface area contributed by atoms with Crippen LogP contribution < -0.4 is 5.73 Å². The van der Waals surface area contributed by atoms with Gasteiger partial charge in [0.05, 0.1) is 6.61 Å². The van der Waals surface area contributed by atoms with Gasteiger partial charge in [-0.15, -0.1) is 0 Å². The van der Waals surface area contributed by atoms with Crippen molar-refractivity contribution in [1.82, 2.24) is 4.90 Å². The fraction of sp³-hybridized carbons (Fsp3) is 1.00. The molecule has 0 spiro atoms. The van der Waals surface area contributed by atoms with E-state index in [-0.39, 0.29) is 12.1 Å². The van der Waals surface area contributed by atoms with E-state index < -0.39 is 0 Å². The van der Waals surface area contributed by atoms with Crippen molar-refractivity contribution in [2.45, 2.75) is 57.0 Å². The highest BCUT2D eigenvalue weighted by atomic mass is 16.3. The molecule has 1 fully saturated rings. The van der Waals surface area contributed by atoms with Gasteiger partial charge in [0.25, 0.3) is 0 Å². The summed E-state index contributed by atoms with van der Waals surface area (Å²) in [6, 6.07) is 0.840. The van der Waals surface area contributed by atoms with Gasteiger partial charge in [-0.05, 0) is 46.2 Å². The minimum Gasteiger partial charge on any atom is -0.394 e. The van der Waals surface area contributed by atoms with Crippen molar-refractivity contribution < 1.29 is 5.11 Å². The molecular weight excluding hydrogens is 188 g/mol. The van der Waals surface area contributed by atoms with Crippen LogP contribution in [0.25, 0.3) is 0 Å². The van der Waals surface area contributed by atoms with Crippen LogP contribution in [0.3, 0.4) is 0 Å². The minimum absolute atomic E-state index is 0.0888. The third-order valence-electron chi connectivity index (χ3n) is 3.57. The van der Waals surface area contributed by atoms with Crippen molar-refractivity contribution in [2.75, 3.05) is 20.2 Å². The zero-order chi connectivity index (χ0) is 11.3. The average molecular weight is 214 g/mol. The van der Waals surface area contributed by atoms with E-state index in [2.05, 4.69) is 11.9 Å². The predicted molar refractivity (Wildman–Crippen MR) is 63.8 cm³/mol. The van der Waals surface area contributed by atoms with Gasteiger partial charge in [0, 0.05) is 11.6 Å². The number of unbranched alkanes of at least 4 members (excludes halogenated alkanes) is 1. The predicted octanol–water partition coefficient (Wildman–Crippen LogP) is 1.35. The van der Waals surface area contributed by atoms with E-state index in [0.717, 1.165) is 18.9 Å². The molecule has 3 N–H and O–H groups in total. The van der Waals surface area contributed by atoms with Crippen molar-refractivity contribution in [3.63, 3.8) is 0 Å². The van der Waals surface area contributed by atoms with Crippen LogP contribution in [0.1, 0.15) is 45.4 Å². The molecule has 1 aliphatic rings. The fourth-order valence-electron chi connectivity index (χ4n) is 1.98. The Morgan fingerprint density at radius 1 is 1.40 bits per heavy atom. The van der Waals surface area contributed by atoms with Gasteiger partial charge in [-0.2, -0.15) is 0 Å². The van der Waals surface area contributed by atoms with Crippen molar-refractivity contribution in [3.8, 4) is 0 Å². The van der Waals surface area contributed by atoms with E-state index >= 15 is 0 Å². The molecule has 1 aliphatic carbocycles. The van der Waals surface area contributed by atoms with Gasteiger partial charge in [0.1, 0.15) is 0 Å². The molecule has 1 saturated carbocycles. The highest BCUT2D eigenvalue weighted by Gasteiger charge is 2.21. The van der Waals surface area contributed by atoms with Gasteiger partial charge in [0.15, 0.2) is 0 Å². The molecule has 0 radical (unpaired) electrons. The highest BCUT2D eigenvalue weighted by Crippen LogP contribution is 2.23. The molecule has 0 aromatic rings. The lowest BCUT2D eigenvalue weighted by Crippen LogP contribution is -2.40. The van der Waals surface area contributed by atoms with E-state index in [1.807, 2.05) is 6.92 Å². The average Bonchev–Trinajstić information content (AvgIpc) is 2.10. The van der Waals surface area contributed by atoms with Crippen molar-refractivity contribution in [1.29, 1.82) is 0 Å². The van der Waals surface area contributed by atoms with Crippen molar-refractivity contribution in [2.24, 2.45) is 5.73 Å². The van der Waals surface area contributed by atoms with Crippen LogP contribution in [0.5, 0.6) is 0 Å². The minimum atomic E-state index is -0.380. The van der Waals surface area contributed by atoms with Crippen LogP contribution in [0.4, 0.5) is 0 Å². The Morgan fingerprint density at radius 3 is 2.53 bits per heavy atom. The second-order valence-corrected chi connectivity index (χ2v) is 5.33. The summed E-state index contributed by atoms with van der Waals surface area (Å²) >= 11 is 0. The molecule has 3 heteroatoms. The van der Waals surface area contributed by atoms with Gasteiger partial charge in [-0.25, -0.2) is 0 Å². The number of rotatable bonds is 7. The molecule has 15 heavy (non-hydrogen) atoms. The Labute approximate surface area is 93.6 Å². The van der Waals surface area contributed by atoms with Gasteiger partial charge >= 0.3 is 0 Å². The Bertz CT molecular complexity index is 178. The summed E-state index contributed by atoms with van der Waals surface area (Å²) in [6.45, 7) is 3.18. The topological polar surface area (TPSA) is 49.5 Å². The summed E-state index contributed by atoms with van der Waals surface area (Å²) in [5.74, 6) is 0. The van der Waals surface area contributed by atoms with Crippen molar-refractivity contribution in [3.05, 3.63) is 0 Å². The van der Waals surface area contributed by atoms with E-state index in [4.69, 9.17) is 10.8 Å². The second-order valence-electron chi connectivity index (χ2n) is 5.33. The lowest BCUT2D eigenvalue weighted by Gasteiger charge is -2.35. The number of hydrogen-bond donors (Lipinski definition) is 2. The van der Waals surface area contributed by atoms with E-state index in [0.29, 0.717) is 0 Å². The van der Waals surface area contributed by atoms with E-state index in [9.17, 15) is 0 Å². The molecule has 0 aliphatic heterocycles. The smallest absolute Gasteiger partial charge is 0.0608 e. The Hall–Kier alpha value is -0.120. The standard InChI is InChI=1S/C12H26N2O/c1-12(13,10-15)8-3-4-9-14(2)11-6-5-7-11/h11,15H,3-10,13H2,1-2H3. The monoisotopic (exact) mass is 214 g/mol. The summed E-state index contributed by atoms with van der Waals surface area (Å²) < 4.78 is 0. The van der Waals surface area contributed by atoms with Crippen LogP contribution in [-0.4, -0.2) is 41.8 Å². The number of nitrogens with zero attached hydrogens (tertiary/aromatic N) is 1. The SMILES string of the molecule is CN(CCCCC(C)(N)CO)C1CCC1. The molecule has 0 aromatic carbocycles. The van der Waals surface area contributed by atoms with Gasteiger partial charge in [0.2, 0.25) is 0 Å². The maximum atomic E-state index is 9.00. The number of nitrogens with two attached hydrogens (primary N) is 1. The summed E-state index contributed by atoms with van der Waals surface area (Å²) in [7, 11) is 2.22. The quantitative estimate of drug-likeness (QED) is 0.629. The molecule has 1 rings (SSSR count). The van der Waals surface area contributed by atoms with Gasteiger partial charge < -0.3 is 15.7 Å². The van der Waals surface area contributed by atoms with Crippen LogP contribution in [0.15, 0.2) is 0 Å². The lowest BCUT2D eigenvalue weighted by atomic mass is 9.91. The van der Waals surface area contributed by atoms with E-state index in [1.54, 1.807) is 0 Å². The van der Waals surface area contributed by atoms with Crippen molar-refractivity contribution >= 4 is 0 Å². The zero-order valence-corrected chi connectivity index (χ0v) is 10.2. The summed E-state index contributed by atoms with van der Waals surface area (Å²) in [5, 5.41) is 9.00. The van der Waals surface area contributed by atoms with E-state index in [1.165, 1.54) is 32.2 Å². The molecular formula is C12H26N2O. The fourth-order valence-corrected chi connectivity index (χ4v) is 1.98. The number of aliphatic hydroxyl groups excluding tert-OH is 1. The second kappa shape index (κ2) is 5.83. The molecule has 0 amide bonds. The first-order chi connectivity index (χ1) is 7.05. The Balaban J connectivity index is 2.00. The third kappa shape index (κ3) is 4.49. The summed E-state index contributed by atoms with van der Waals surface area (Å²) in [6.07, 6.45) is 7.39. The molecule has 90 valence electrons. The number of hydrogen-bond acceptors (Lipinski definition) is 3. The molecule has 0 heterocycles. The van der Waals surface area contributed by atoms with Crippen LogP contribution in [-0.2, 0) is 0 Å². The van der Waals surface area contributed by atoms with Crippen LogP contribution in [0, 0.1) is 0 Å². The molecule has 1 atom stereocenters. The third-order valence-corrected chi connectivity index (χ3v) is 3.57. The molecule has 3 nitrogen and oxygen atoms in total. The summed E-state index contributed by atoms with van der Waals surface area (Å²) in [5.41, 5.74) is 5.49. The Morgan fingerprint density at radius 2 is 2.07 bits per heavy atom. The first-order valence-corrected chi connectivity index (χ1v) is 6.15. The zero-order valence-electron chi connectivity index (χ0n) is 10.2. The van der Waals surface area contributed by atoms with Gasteiger partial charge in [-0.1, -0.05) is 12.8 Å². The molecule has 0 saturated heterocycles. The maximum Gasteiger partial charge on any atom is 0.0608 e. The lowest BCUT2D eigenvalue weighted by molar-refractivity contribution is 0.153.